The van der Waals surface area contributed by atoms with Crippen molar-refractivity contribution < 1.29 is 9.90 Å². The van der Waals surface area contributed by atoms with Crippen LogP contribution >= 0.6 is 0 Å². The Balaban J connectivity index is 2.92. The number of hydrogen-bond donors (Lipinski definition) is 2. The Hall–Kier alpha value is -1.55. The fourth-order valence-electron chi connectivity index (χ4n) is 1.72. The van der Waals surface area contributed by atoms with E-state index in [4.69, 9.17) is 10.8 Å². The summed E-state index contributed by atoms with van der Waals surface area (Å²) < 4.78 is 0. The first kappa shape index (κ1) is 12.5. The summed E-state index contributed by atoms with van der Waals surface area (Å²) in [7, 11) is 3.94. The maximum atomic E-state index is 10.6. The molecule has 0 amide bonds. The molecule has 4 heteroatoms. The van der Waals surface area contributed by atoms with Crippen LogP contribution in [0.4, 0.5) is 5.69 Å². The van der Waals surface area contributed by atoms with Gasteiger partial charge in [0.05, 0.1) is 6.42 Å². The molecule has 1 rings (SSSR count). The molecule has 1 aromatic carbocycles. The molecule has 3 N–H and O–H groups in total. The van der Waals surface area contributed by atoms with Gasteiger partial charge in [0.1, 0.15) is 0 Å². The largest absolute Gasteiger partial charge is 0.481 e. The number of hydrogen-bond acceptors (Lipinski definition) is 3. The van der Waals surface area contributed by atoms with Gasteiger partial charge in [-0.1, -0.05) is 12.1 Å². The highest BCUT2D eigenvalue weighted by Gasteiger charge is 2.11. The molecule has 1 unspecified atom stereocenters. The normalized spacial score (nSPS) is 12.2. The van der Waals surface area contributed by atoms with Crippen molar-refractivity contribution in [3.63, 3.8) is 0 Å². The van der Waals surface area contributed by atoms with Crippen LogP contribution in [0.2, 0.25) is 0 Å². The lowest BCUT2D eigenvalue weighted by molar-refractivity contribution is -0.137. The fourth-order valence-corrected chi connectivity index (χ4v) is 1.72. The molecule has 0 aromatic heterocycles. The summed E-state index contributed by atoms with van der Waals surface area (Å²) in [6.07, 6.45) is -0.0409. The predicted octanol–water partition coefficient (Wildman–Crippen LogP) is 1.54. The van der Waals surface area contributed by atoms with E-state index in [2.05, 4.69) is 0 Å². The van der Waals surface area contributed by atoms with Crippen molar-refractivity contribution in [2.45, 2.75) is 19.4 Å². The van der Waals surface area contributed by atoms with Crippen LogP contribution in [0.25, 0.3) is 0 Å². The first-order chi connectivity index (χ1) is 7.41. The van der Waals surface area contributed by atoms with Crippen molar-refractivity contribution in [3.05, 3.63) is 29.3 Å². The summed E-state index contributed by atoms with van der Waals surface area (Å²) in [4.78, 5) is 12.6. The Labute approximate surface area is 95.7 Å². The standard InChI is InChI=1S/C12H18N2O2/c1-8-6-9(10(13)7-12(15)16)4-5-11(8)14(2)3/h4-6,10H,7,13H2,1-3H3,(H,15,16). The van der Waals surface area contributed by atoms with Crippen LogP contribution in [0, 0.1) is 6.92 Å². The Morgan fingerprint density at radius 3 is 2.56 bits per heavy atom. The fraction of sp³-hybridized carbons (Fsp3) is 0.417. The molecule has 1 atom stereocenters. The molecule has 0 spiro atoms. The lowest BCUT2D eigenvalue weighted by Crippen LogP contribution is -2.16. The minimum atomic E-state index is -0.873. The van der Waals surface area contributed by atoms with Crippen molar-refractivity contribution in [2.75, 3.05) is 19.0 Å². The molecule has 0 bridgehead atoms. The third-order valence-corrected chi connectivity index (χ3v) is 2.53. The number of aryl methyl sites for hydroxylation is 1. The molecular formula is C12H18N2O2. The van der Waals surface area contributed by atoms with Crippen molar-refractivity contribution in [1.82, 2.24) is 0 Å². The molecular weight excluding hydrogens is 204 g/mol. The second-order valence-corrected chi connectivity index (χ2v) is 4.14. The second kappa shape index (κ2) is 4.99. The highest BCUT2D eigenvalue weighted by Crippen LogP contribution is 2.23. The monoisotopic (exact) mass is 222 g/mol. The van der Waals surface area contributed by atoms with Gasteiger partial charge in [-0.2, -0.15) is 0 Å². The molecule has 88 valence electrons. The van der Waals surface area contributed by atoms with Gasteiger partial charge in [-0.3, -0.25) is 4.79 Å². The number of nitrogens with zero attached hydrogens (tertiary/aromatic N) is 1. The number of rotatable bonds is 4. The molecule has 1 aromatic rings. The van der Waals surface area contributed by atoms with E-state index in [1.54, 1.807) is 0 Å². The van der Waals surface area contributed by atoms with E-state index in [0.29, 0.717) is 0 Å². The third kappa shape index (κ3) is 2.97. The van der Waals surface area contributed by atoms with Gasteiger partial charge in [-0.25, -0.2) is 0 Å². The van der Waals surface area contributed by atoms with Crippen molar-refractivity contribution in [2.24, 2.45) is 5.73 Å². The topological polar surface area (TPSA) is 66.6 Å². The molecule has 0 aliphatic carbocycles. The number of anilines is 1. The number of nitrogens with two attached hydrogens (primary N) is 1. The quantitative estimate of drug-likeness (QED) is 0.811. The van der Waals surface area contributed by atoms with E-state index in [9.17, 15) is 4.79 Å². The van der Waals surface area contributed by atoms with Gasteiger partial charge in [0.25, 0.3) is 0 Å². The molecule has 0 radical (unpaired) electrons. The molecule has 0 aliphatic heterocycles. The van der Waals surface area contributed by atoms with Crippen LogP contribution < -0.4 is 10.6 Å². The number of carboxylic acids is 1. The summed E-state index contributed by atoms with van der Waals surface area (Å²) in [5.74, 6) is -0.873. The van der Waals surface area contributed by atoms with Gasteiger partial charge >= 0.3 is 5.97 Å². The first-order valence-electron chi connectivity index (χ1n) is 5.17. The number of carboxylic acid groups (broad SMARTS) is 1. The second-order valence-electron chi connectivity index (χ2n) is 4.14. The van der Waals surface area contributed by atoms with Crippen molar-refractivity contribution >= 4 is 11.7 Å². The zero-order chi connectivity index (χ0) is 12.3. The van der Waals surface area contributed by atoms with Crippen LogP contribution in [0.1, 0.15) is 23.6 Å². The maximum absolute atomic E-state index is 10.6. The van der Waals surface area contributed by atoms with Gasteiger partial charge in [-0.15, -0.1) is 0 Å². The molecule has 0 saturated carbocycles. The van der Waals surface area contributed by atoms with E-state index in [1.807, 2.05) is 44.1 Å². The predicted molar refractivity (Wildman–Crippen MR) is 64.7 cm³/mol. The van der Waals surface area contributed by atoms with Crippen LogP contribution in [0.5, 0.6) is 0 Å². The summed E-state index contributed by atoms with van der Waals surface area (Å²) in [6, 6.07) is 5.36. The van der Waals surface area contributed by atoms with Gasteiger partial charge in [0, 0.05) is 25.8 Å². The van der Waals surface area contributed by atoms with Crippen LogP contribution in [-0.4, -0.2) is 25.2 Å². The van der Waals surface area contributed by atoms with Gasteiger partial charge in [-0.05, 0) is 24.1 Å². The average molecular weight is 222 g/mol. The first-order valence-corrected chi connectivity index (χ1v) is 5.17. The molecule has 4 nitrogen and oxygen atoms in total. The Morgan fingerprint density at radius 2 is 2.12 bits per heavy atom. The third-order valence-electron chi connectivity index (χ3n) is 2.53. The molecule has 16 heavy (non-hydrogen) atoms. The van der Waals surface area contributed by atoms with Gasteiger partial charge in [0.15, 0.2) is 0 Å². The van der Waals surface area contributed by atoms with E-state index >= 15 is 0 Å². The SMILES string of the molecule is Cc1cc(C(N)CC(=O)O)ccc1N(C)C. The zero-order valence-corrected chi connectivity index (χ0v) is 9.90. The van der Waals surface area contributed by atoms with E-state index in [1.165, 1.54) is 0 Å². The Bertz CT molecular complexity index is 389. The highest BCUT2D eigenvalue weighted by atomic mass is 16.4. The van der Waals surface area contributed by atoms with E-state index in [0.717, 1.165) is 16.8 Å². The smallest absolute Gasteiger partial charge is 0.305 e. The average Bonchev–Trinajstić information content (AvgIpc) is 2.15. The summed E-state index contributed by atoms with van der Waals surface area (Å²) in [6.45, 7) is 1.99. The van der Waals surface area contributed by atoms with Crippen molar-refractivity contribution in [3.8, 4) is 0 Å². The van der Waals surface area contributed by atoms with Crippen molar-refractivity contribution in [1.29, 1.82) is 0 Å². The number of aliphatic carboxylic acids is 1. The van der Waals surface area contributed by atoms with Crippen LogP contribution in [0.3, 0.4) is 0 Å². The van der Waals surface area contributed by atoms with Crippen LogP contribution in [0.15, 0.2) is 18.2 Å². The number of benzene rings is 1. The summed E-state index contributed by atoms with van der Waals surface area (Å²) in [5, 5.41) is 8.67. The van der Waals surface area contributed by atoms with Crippen LogP contribution in [-0.2, 0) is 4.79 Å². The van der Waals surface area contributed by atoms with E-state index in [-0.39, 0.29) is 6.42 Å². The number of carbonyl (C=O) groups is 1. The minimum absolute atomic E-state index is 0.0409. The van der Waals surface area contributed by atoms with Gasteiger partial charge < -0.3 is 15.7 Å². The lowest BCUT2D eigenvalue weighted by atomic mass is 10.0. The summed E-state index contributed by atoms with van der Waals surface area (Å²) in [5.41, 5.74) is 8.88. The molecule has 0 heterocycles. The summed E-state index contributed by atoms with van der Waals surface area (Å²) >= 11 is 0. The highest BCUT2D eigenvalue weighted by molar-refractivity contribution is 5.68. The maximum Gasteiger partial charge on any atom is 0.305 e. The Kier molecular flexibility index (Phi) is 3.90. The minimum Gasteiger partial charge on any atom is -0.481 e. The molecule has 0 aliphatic rings. The molecule has 0 fully saturated rings. The Morgan fingerprint density at radius 1 is 1.50 bits per heavy atom. The zero-order valence-electron chi connectivity index (χ0n) is 9.90. The van der Waals surface area contributed by atoms with Gasteiger partial charge in [0.2, 0.25) is 0 Å². The lowest BCUT2D eigenvalue weighted by Gasteiger charge is -2.18. The van der Waals surface area contributed by atoms with E-state index < -0.39 is 12.0 Å². The molecule has 0 saturated heterocycles.